The lowest BCUT2D eigenvalue weighted by Gasteiger charge is -2.33. The van der Waals surface area contributed by atoms with Gasteiger partial charge in [0, 0.05) is 51.1 Å². The van der Waals surface area contributed by atoms with E-state index in [0.717, 1.165) is 69.2 Å². The van der Waals surface area contributed by atoms with Crippen LogP contribution >= 0.6 is 0 Å². The summed E-state index contributed by atoms with van der Waals surface area (Å²) in [4.78, 5) is 27.0. The minimum absolute atomic E-state index is 0.217. The fraction of sp³-hybridized carbons (Fsp3) is 0.522. The molecule has 6 nitrogen and oxygen atoms in total. The highest BCUT2D eigenvalue weighted by molar-refractivity contribution is 5.76. The van der Waals surface area contributed by atoms with Gasteiger partial charge in [-0.1, -0.05) is 30.3 Å². The number of amides is 1. The lowest BCUT2D eigenvalue weighted by molar-refractivity contribution is -0.132. The first-order chi connectivity index (χ1) is 14.1. The molecule has 29 heavy (non-hydrogen) atoms. The molecule has 2 aliphatic rings. The van der Waals surface area contributed by atoms with Gasteiger partial charge in [-0.05, 0) is 38.3 Å². The zero-order valence-corrected chi connectivity index (χ0v) is 17.5. The van der Waals surface area contributed by atoms with Crippen molar-refractivity contribution in [3.05, 3.63) is 53.0 Å². The number of aryl methyl sites for hydroxylation is 1. The Labute approximate surface area is 173 Å². The smallest absolute Gasteiger partial charge is 0.222 e. The summed E-state index contributed by atoms with van der Waals surface area (Å²) in [6, 6.07) is 10.2. The number of piperidine rings is 1. The van der Waals surface area contributed by atoms with Crippen LogP contribution in [0.15, 0.2) is 30.3 Å². The second-order valence-corrected chi connectivity index (χ2v) is 8.26. The summed E-state index contributed by atoms with van der Waals surface area (Å²) in [6.45, 7) is 3.48. The van der Waals surface area contributed by atoms with Crippen molar-refractivity contribution in [3.8, 4) is 0 Å². The number of carbonyl (C=O) groups is 1. The van der Waals surface area contributed by atoms with Gasteiger partial charge in [-0.15, -0.1) is 0 Å². The molecule has 1 saturated heterocycles. The zero-order valence-electron chi connectivity index (χ0n) is 17.5. The van der Waals surface area contributed by atoms with Crippen LogP contribution in [0.3, 0.4) is 0 Å². The van der Waals surface area contributed by atoms with Gasteiger partial charge in [0.05, 0.1) is 5.69 Å². The van der Waals surface area contributed by atoms with Crippen LogP contribution in [0.2, 0.25) is 0 Å². The highest BCUT2D eigenvalue weighted by Crippen LogP contribution is 2.29. The molecule has 6 heteroatoms. The van der Waals surface area contributed by atoms with E-state index in [1.165, 1.54) is 11.1 Å². The molecule has 1 N–H and O–H groups in total. The number of likely N-dealkylation sites (tertiary alicyclic amines) is 1. The Morgan fingerprint density at radius 2 is 2.03 bits per heavy atom. The van der Waals surface area contributed by atoms with Crippen LogP contribution in [0, 0.1) is 0 Å². The second-order valence-electron chi connectivity index (χ2n) is 8.26. The minimum Gasteiger partial charge on any atom is -0.373 e. The molecule has 0 spiro atoms. The molecule has 2 aliphatic heterocycles. The van der Waals surface area contributed by atoms with E-state index in [4.69, 9.17) is 9.97 Å². The van der Waals surface area contributed by atoms with Gasteiger partial charge in [0.25, 0.3) is 0 Å². The van der Waals surface area contributed by atoms with Gasteiger partial charge in [-0.3, -0.25) is 4.79 Å². The number of carbonyl (C=O) groups excluding carboxylic acids is 1. The Bertz CT molecular complexity index is 854. The molecule has 2 aromatic rings. The predicted molar refractivity (Wildman–Crippen MR) is 115 cm³/mol. The molecule has 1 atom stereocenters. The topological polar surface area (TPSA) is 61.4 Å². The fourth-order valence-electron chi connectivity index (χ4n) is 4.44. The van der Waals surface area contributed by atoms with Crippen molar-refractivity contribution >= 4 is 11.7 Å². The van der Waals surface area contributed by atoms with Gasteiger partial charge < -0.3 is 15.1 Å². The van der Waals surface area contributed by atoms with Crippen LogP contribution in [-0.4, -0.2) is 59.4 Å². The summed E-state index contributed by atoms with van der Waals surface area (Å²) in [5.74, 6) is 2.31. The second kappa shape index (κ2) is 8.91. The quantitative estimate of drug-likeness (QED) is 0.846. The summed E-state index contributed by atoms with van der Waals surface area (Å²) in [5.41, 5.74) is 3.61. The molecular weight excluding hydrogens is 362 g/mol. The summed E-state index contributed by atoms with van der Waals surface area (Å²) in [7, 11) is 4.07. The number of fused-ring (bicyclic) bond motifs is 1. The average molecular weight is 394 g/mol. The van der Waals surface area contributed by atoms with E-state index in [1.807, 2.05) is 30.1 Å². The lowest BCUT2D eigenvalue weighted by atomic mass is 9.95. The number of hydrogen-bond donors (Lipinski definition) is 1. The maximum absolute atomic E-state index is 12.8. The van der Waals surface area contributed by atoms with E-state index in [-0.39, 0.29) is 11.8 Å². The Hall–Kier alpha value is -2.47. The van der Waals surface area contributed by atoms with E-state index in [9.17, 15) is 4.79 Å². The monoisotopic (exact) mass is 393 g/mol. The number of benzene rings is 1. The molecule has 1 amide bonds. The lowest BCUT2D eigenvalue weighted by Crippen LogP contribution is -2.40. The SMILES string of the molecule is CNc1nc([C@H]2CCCN(C(=O)CCc3ccccc3)C2)nc2c1CCN(C)C2. The van der Waals surface area contributed by atoms with Crippen LogP contribution in [0.4, 0.5) is 5.82 Å². The molecule has 0 radical (unpaired) electrons. The largest absolute Gasteiger partial charge is 0.373 e. The Balaban J connectivity index is 1.45. The molecule has 0 saturated carbocycles. The number of nitrogens with zero attached hydrogens (tertiary/aromatic N) is 4. The van der Waals surface area contributed by atoms with Crippen LogP contribution in [0.5, 0.6) is 0 Å². The van der Waals surface area contributed by atoms with Crippen molar-refractivity contribution in [3.63, 3.8) is 0 Å². The fourth-order valence-corrected chi connectivity index (χ4v) is 4.44. The van der Waals surface area contributed by atoms with E-state index in [0.29, 0.717) is 6.42 Å². The normalized spacial score (nSPS) is 19.7. The number of aromatic nitrogens is 2. The van der Waals surface area contributed by atoms with Gasteiger partial charge in [0.2, 0.25) is 5.91 Å². The van der Waals surface area contributed by atoms with Gasteiger partial charge in [0.15, 0.2) is 0 Å². The van der Waals surface area contributed by atoms with Crippen molar-refractivity contribution in [1.29, 1.82) is 0 Å². The predicted octanol–water partition coefficient (Wildman–Crippen LogP) is 2.85. The molecule has 1 aromatic heterocycles. The number of rotatable bonds is 5. The molecule has 0 bridgehead atoms. The maximum Gasteiger partial charge on any atom is 0.222 e. The Kier molecular flexibility index (Phi) is 6.09. The van der Waals surface area contributed by atoms with Gasteiger partial charge in [0.1, 0.15) is 11.6 Å². The van der Waals surface area contributed by atoms with Crippen molar-refractivity contribution in [2.75, 3.05) is 39.0 Å². The first kappa shape index (κ1) is 19.8. The Morgan fingerprint density at radius 3 is 2.83 bits per heavy atom. The van der Waals surface area contributed by atoms with Gasteiger partial charge in [-0.2, -0.15) is 0 Å². The first-order valence-corrected chi connectivity index (χ1v) is 10.7. The molecule has 0 aliphatic carbocycles. The molecular formula is C23H31N5O. The van der Waals surface area contributed by atoms with E-state index in [2.05, 4.69) is 29.4 Å². The summed E-state index contributed by atoms with van der Waals surface area (Å²) >= 11 is 0. The number of nitrogens with one attached hydrogen (secondary N) is 1. The summed E-state index contributed by atoms with van der Waals surface area (Å²) in [6.07, 6.45) is 4.40. The van der Waals surface area contributed by atoms with Crippen molar-refractivity contribution in [2.24, 2.45) is 0 Å². The maximum atomic E-state index is 12.8. The van der Waals surface area contributed by atoms with Crippen molar-refractivity contribution in [2.45, 2.75) is 44.6 Å². The molecule has 0 unspecified atom stereocenters. The van der Waals surface area contributed by atoms with E-state index in [1.54, 1.807) is 0 Å². The standard InChI is InChI=1S/C23H31N5O/c1-24-23-19-12-14-27(2)16-20(19)25-22(26-23)18-9-6-13-28(15-18)21(29)11-10-17-7-4-3-5-8-17/h3-5,7-8,18H,6,9-16H2,1-2H3,(H,24,25,26)/t18-/m0/s1. The number of likely N-dealkylation sites (N-methyl/N-ethyl adjacent to an activating group) is 1. The third-order valence-electron chi connectivity index (χ3n) is 6.12. The Morgan fingerprint density at radius 1 is 1.21 bits per heavy atom. The highest BCUT2D eigenvalue weighted by atomic mass is 16.2. The van der Waals surface area contributed by atoms with E-state index >= 15 is 0 Å². The molecule has 1 fully saturated rings. The molecule has 1 aromatic carbocycles. The van der Waals surface area contributed by atoms with Crippen LogP contribution < -0.4 is 5.32 Å². The highest BCUT2D eigenvalue weighted by Gasteiger charge is 2.28. The summed E-state index contributed by atoms with van der Waals surface area (Å²) in [5, 5.41) is 3.27. The average Bonchev–Trinajstić information content (AvgIpc) is 2.77. The van der Waals surface area contributed by atoms with Crippen LogP contribution in [0.1, 0.15) is 47.8 Å². The zero-order chi connectivity index (χ0) is 20.2. The van der Waals surface area contributed by atoms with E-state index < -0.39 is 0 Å². The third kappa shape index (κ3) is 4.58. The number of anilines is 1. The van der Waals surface area contributed by atoms with Crippen LogP contribution in [0.25, 0.3) is 0 Å². The molecule has 4 rings (SSSR count). The van der Waals surface area contributed by atoms with Crippen molar-refractivity contribution < 1.29 is 4.79 Å². The van der Waals surface area contributed by atoms with Crippen LogP contribution in [-0.2, 0) is 24.2 Å². The van der Waals surface area contributed by atoms with Gasteiger partial charge in [-0.25, -0.2) is 9.97 Å². The minimum atomic E-state index is 0.217. The molecule has 3 heterocycles. The summed E-state index contributed by atoms with van der Waals surface area (Å²) < 4.78 is 0. The van der Waals surface area contributed by atoms with Gasteiger partial charge >= 0.3 is 0 Å². The third-order valence-corrected chi connectivity index (χ3v) is 6.12. The number of hydrogen-bond acceptors (Lipinski definition) is 5. The first-order valence-electron chi connectivity index (χ1n) is 10.7. The van der Waals surface area contributed by atoms with Crippen molar-refractivity contribution in [1.82, 2.24) is 19.8 Å². The molecule has 154 valence electrons.